The van der Waals surface area contributed by atoms with Crippen LogP contribution in [0.4, 0.5) is 0 Å². The van der Waals surface area contributed by atoms with Gasteiger partial charge < -0.3 is 28.1 Å². The summed E-state index contributed by atoms with van der Waals surface area (Å²) in [5.74, 6) is -0.894. The minimum atomic E-state index is -2.08. The Morgan fingerprint density at radius 2 is 1.52 bits per heavy atom. The molecule has 0 aliphatic carbocycles. The molecule has 0 saturated carbocycles. The van der Waals surface area contributed by atoms with E-state index in [0.717, 1.165) is 0 Å². The van der Waals surface area contributed by atoms with E-state index in [4.69, 9.17) is 28.1 Å². The summed E-state index contributed by atoms with van der Waals surface area (Å²) < 4.78 is 32.2. The zero-order valence-corrected chi connectivity index (χ0v) is 21.1. The first-order valence-corrected chi connectivity index (χ1v) is 12.6. The molecule has 0 fully saturated rings. The molecule has 0 aromatic heterocycles. The number of carbonyl (C=O) groups is 2. The van der Waals surface area contributed by atoms with Crippen molar-refractivity contribution in [3.05, 3.63) is 28.5 Å². The topological polar surface area (TPSA) is 89.5 Å². The van der Waals surface area contributed by atoms with Crippen LogP contribution in [0.5, 0.6) is 11.5 Å². The summed E-state index contributed by atoms with van der Waals surface area (Å²) in [7, 11) is 4.67. The number of rotatable bonds is 9. The van der Waals surface area contributed by atoms with Gasteiger partial charge in [-0.25, -0.2) is 9.59 Å². The van der Waals surface area contributed by atoms with Gasteiger partial charge in [0, 0.05) is 5.56 Å². The second-order valence-corrected chi connectivity index (χ2v) is 13.1. The van der Waals surface area contributed by atoms with E-state index < -0.39 is 20.3 Å². The SMILES string of the molecule is COC(=O)/C(=C/c1cc(CO[Si](C)(C)C(C)(C)C)c(OC)c(OC)c1C(=O)OC)OC. The fraction of sp³-hybridized carbons (Fsp3) is 0.545. The predicted octanol–water partition coefficient (Wildman–Crippen LogP) is 4.17. The maximum Gasteiger partial charge on any atom is 0.373 e. The van der Waals surface area contributed by atoms with Crippen molar-refractivity contribution in [1.82, 2.24) is 0 Å². The Morgan fingerprint density at radius 1 is 0.935 bits per heavy atom. The molecule has 0 aliphatic heterocycles. The predicted molar refractivity (Wildman–Crippen MR) is 120 cm³/mol. The minimum Gasteiger partial charge on any atom is -0.492 e. The molecule has 0 atom stereocenters. The van der Waals surface area contributed by atoms with Gasteiger partial charge in [0.25, 0.3) is 0 Å². The second-order valence-electron chi connectivity index (χ2n) is 8.31. The lowest BCUT2D eigenvalue weighted by Gasteiger charge is -2.36. The Kier molecular flexibility index (Phi) is 9.13. The van der Waals surface area contributed by atoms with Gasteiger partial charge in [0.05, 0.1) is 42.2 Å². The largest absolute Gasteiger partial charge is 0.492 e. The summed E-state index contributed by atoms with van der Waals surface area (Å²) in [5.41, 5.74) is 1.10. The van der Waals surface area contributed by atoms with E-state index in [2.05, 4.69) is 33.9 Å². The van der Waals surface area contributed by atoms with E-state index >= 15 is 0 Å². The summed E-state index contributed by atoms with van der Waals surface area (Å²) in [5, 5.41) is 0.00706. The number of methoxy groups -OCH3 is 5. The molecule has 0 aliphatic rings. The third-order valence-electron chi connectivity index (χ3n) is 5.43. The van der Waals surface area contributed by atoms with Gasteiger partial charge in [0.15, 0.2) is 19.8 Å². The minimum absolute atomic E-state index is 0.00706. The van der Waals surface area contributed by atoms with Crippen molar-refractivity contribution in [2.45, 2.75) is 45.5 Å². The Hall–Kier alpha value is -2.52. The molecule has 0 saturated heterocycles. The van der Waals surface area contributed by atoms with E-state index in [9.17, 15) is 9.59 Å². The number of hydrogen-bond acceptors (Lipinski definition) is 8. The molecule has 0 radical (unpaired) electrons. The maximum atomic E-state index is 12.6. The number of carbonyl (C=O) groups excluding carboxylic acids is 2. The van der Waals surface area contributed by atoms with E-state index in [1.807, 2.05) is 0 Å². The van der Waals surface area contributed by atoms with Gasteiger partial charge in [-0.3, -0.25) is 0 Å². The van der Waals surface area contributed by atoms with E-state index in [1.54, 1.807) is 6.07 Å². The van der Waals surface area contributed by atoms with Gasteiger partial charge >= 0.3 is 11.9 Å². The van der Waals surface area contributed by atoms with Crippen LogP contribution in [-0.4, -0.2) is 55.8 Å². The molecule has 31 heavy (non-hydrogen) atoms. The quantitative estimate of drug-likeness (QED) is 0.238. The van der Waals surface area contributed by atoms with Crippen molar-refractivity contribution in [2.24, 2.45) is 0 Å². The van der Waals surface area contributed by atoms with Gasteiger partial charge in [0.1, 0.15) is 5.56 Å². The highest BCUT2D eigenvalue weighted by atomic mass is 28.4. The number of hydrogen-bond donors (Lipinski definition) is 0. The molecule has 0 N–H and O–H groups in total. The van der Waals surface area contributed by atoms with Crippen LogP contribution in [0.2, 0.25) is 18.1 Å². The van der Waals surface area contributed by atoms with Crippen molar-refractivity contribution >= 4 is 26.3 Å². The molecule has 8 nitrogen and oxygen atoms in total. The Balaban J connectivity index is 3.75. The van der Waals surface area contributed by atoms with E-state index in [-0.39, 0.29) is 28.7 Å². The third-order valence-corrected chi connectivity index (χ3v) is 9.91. The molecule has 0 bridgehead atoms. The van der Waals surface area contributed by atoms with Crippen molar-refractivity contribution in [3.63, 3.8) is 0 Å². The average molecular weight is 455 g/mol. The van der Waals surface area contributed by atoms with E-state index in [1.165, 1.54) is 41.6 Å². The van der Waals surface area contributed by atoms with Crippen LogP contribution >= 0.6 is 0 Å². The number of esters is 2. The molecular weight excluding hydrogens is 420 g/mol. The smallest absolute Gasteiger partial charge is 0.373 e. The first kappa shape index (κ1) is 26.5. The second kappa shape index (κ2) is 10.7. The van der Waals surface area contributed by atoms with Crippen LogP contribution in [0.25, 0.3) is 6.08 Å². The fourth-order valence-corrected chi connectivity index (χ4v) is 3.54. The molecule has 9 heteroatoms. The molecule has 0 unspecified atom stereocenters. The van der Waals surface area contributed by atoms with Gasteiger partial charge in [0.2, 0.25) is 5.76 Å². The van der Waals surface area contributed by atoms with Crippen LogP contribution in [0.15, 0.2) is 11.8 Å². The zero-order valence-electron chi connectivity index (χ0n) is 20.1. The first-order chi connectivity index (χ1) is 14.4. The molecule has 1 rings (SSSR count). The van der Waals surface area contributed by atoms with Crippen LogP contribution in [0.1, 0.15) is 42.3 Å². The van der Waals surface area contributed by atoms with Gasteiger partial charge in [-0.15, -0.1) is 0 Å². The summed E-state index contributed by atoms with van der Waals surface area (Å²) in [6, 6.07) is 1.70. The van der Waals surface area contributed by atoms with Crippen LogP contribution in [-0.2, 0) is 30.0 Å². The highest BCUT2D eigenvalue weighted by Crippen LogP contribution is 2.41. The highest BCUT2D eigenvalue weighted by Gasteiger charge is 2.37. The number of ether oxygens (including phenoxy) is 5. The monoisotopic (exact) mass is 454 g/mol. The maximum absolute atomic E-state index is 12.6. The lowest BCUT2D eigenvalue weighted by Crippen LogP contribution is -2.40. The van der Waals surface area contributed by atoms with Gasteiger partial charge in [-0.05, 0) is 35.8 Å². The standard InChI is InChI=1S/C22H34O8Si/c1-22(2,3)31(9,10)30-13-15-11-14(12-16(25-4)20(23)28-7)17(21(24)29-8)19(27-6)18(15)26-5/h11-12H,13H2,1-10H3/b16-12-. The van der Waals surface area contributed by atoms with E-state index in [0.29, 0.717) is 16.9 Å². The van der Waals surface area contributed by atoms with Crippen molar-refractivity contribution in [2.75, 3.05) is 35.5 Å². The molecule has 1 aromatic rings. The highest BCUT2D eigenvalue weighted by molar-refractivity contribution is 6.74. The van der Waals surface area contributed by atoms with Crippen molar-refractivity contribution < 1.29 is 37.7 Å². The molecular formula is C22H34O8Si. The molecule has 0 spiro atoms. The van der Waals surface area contributed by atoms with Crippen LogP contribution in [0, 0.1) is 0 Å². The zero-order chi connectivity index (χ0) is 24.0. The lowest BCUT2D eigenvalue weighted by atomic mass is 10.00. The summed E-state index contributed by atoms with van der Waals surface area (Å²) >= 11 is 0. The Bertz CT molecular complexity index is 837. The normalized spacial score (nSPS) is 12.3. The molecule has 174 valence electrons. The fourth-order valence-electron chi connectivity index (χ4n) is 2.59. The average Bonchev–Trinajstić information content (AvgIpc) is 2.73. The van der Waals surface area contributed by atoms with Crippen molar-refractivity contribution in [1.29, 1.82) is 0 Å². The molecule has 0 amide bonds. The van der Waals surface area contributed by atoms with Gasteiger partial charge in [-0.1, -0.05) is 20.8 Å². The van der Waals surface area contributed by atoms with Crippen LogP contribution in [0.3, 0.4) is 0 Å². The summed E-state index contributed by atoms with van der Waals surface area (Å²) in [6.45, 7) is 11.0. The Morgan fingerprint density at radius 3 is 1.94 bits per heavy atom. The first-order valence-electron chi connectivity index (χ1n) is 9.72. The molecule has 1 aromatic carbocycles. The summed E-state index contributed by atoms with van der Waals surface area (Å²) in [4.78, 5) is 24.6. The van der Waals surface area contributed by atoms with Gasteiger partial charge in [-0.2, -0.15) is 0 Å². The molecule has 0 heterocycles. The number of benzene rings is 1. The lowest BCUT2D eigenvalue weighted by molar-refractivity contribution is -0.139. The van der Waals surface area contributed by atoms with Crippen molar-refractivity contribution in [3.8, 4) is 11.5 Å². The summed E-state index contributed by atoms with van der Waals surface area (Å²) in [6.07, 6.45) is 1.40. The van der Waals surface area contributed by atoms with Crippen LogP contribution < -0.4 is 9.47 Å². The third kappa shape index (κ3) is 6.01. The Labute approximate surface area is 185 Å².